The SMILES string of the molecule is COCCN1CCCN(c2ccccc2C#N)CC1. The van der Waals surface area contributed by atoms with E-state index in [-0.39, 0.29) is 0 Å². The Morgan fingerprint density at radius 2 is 2.05 bits per heavy atom. The van der Waals surface area contributed by atoms with E-state index in [1.54, 1.807) is 7.11 Å². The summed E-state index contributed by atoms with van der Waals surface area (Å²) in [5.41, 5.74) is 1.84. The van der Waals surface area contributed by atoms with E-state index in [4.69, 9.17) is 4.74 Å². The van der Waals surface area contributed by atoms with Crippen molar-refractivity contribution in [3.8, 4) is 6.07 Å². The van der Waals surface area contributed by atoms with Crippen LogP contribution in [0.15, 0.2) is 24.3 Å². The van der Waals surface area contributed by atoms with Crippen LogP contribution in [0.4, 0.5) is 5.69 Å². The minimum atomic E-state index is 0.771. The molecule has 0 radical (unpaired) electrons. The number of rotatable bonds is 4. The normalized spacial score (nSPS) is 16.9. The lowest BCUT2D eigenvalue weighted by Crippen LogP contribution is -2.32. The molecule has 4 nitrogen and oxygen atoms in total. The van der Waals surface area contributed by atoms with Crippen molar-refractivity contribution in [3.05, 3.63) is 29.8 Å². The van der Waals surface area contributed by atoms with Gasteiger partial charge in [0.25, 0.3) is 0 Å². The van der Waals surface area contributed by atoms with Gasteiger partial charge in [-0.2, -0.15) is 5.26 Å². The Hall–Kier alpha value is -1.57. The number of anilines is 1. The van der Waals surface area contributed by atoms with Crippen LogP contribution in [0.3, 0.4) is 0 Å². The molecule has 0 N–H and O–H groups in total. The van der Waals surface area contributed by atoms with Gasteiger partial charge in [-0.25, -0.2) is 0 Å². The van der Waals surface area contributed by atoms with Crippen LogP contribution >= 0.6 is 0 Å². The van der Waals surface area contributed by atoms with E-state index >= 15 is 0 Å². The molecule has 0 bridgehead atoms. The number of methoxy groups -OCH3 is 1. The molecule has 0 aliphatic carbocycles. The molecule has 0 spiro atoms. The van der Waals surface area contributed by atoms with Crippen LogP contribution in [0.25, 0.3) is 0 Å². The van der Waals surface area contributed by atoms with E-state index in [0.717, 1.165) is 57.0 Å². The van der Waals surface area contributed by atoms with E-state index in [1.165, 1.54) is 0 Å². The smallest absolute Gasteiger partial charge is 0.101 e. The van der Waals surface area contributed by atoms with Gasteiger partial charge in [0.15, 0.2) is 0 Å². The molecule has 1 aliphatic heterocycles. The molecule has 1 saturated heterocycles. The summed E-state index contributed by atoms with van der Waals surface area (Å²) >= 11 is 0. The highest BCUT2D eigenvalue weighted by molar-refractivity contribution is 5.59. The zero-order valence-corrected chi connectivity index (χ0v) is 11.5. The van der Waals surface area contributed by atoms with Crippen LogP contribution in [0.1, 0.15) is 12.0 Å². The first kappa shape index (κ1) is 13.9. The van der Waals surface area contributed by atoms with Crippen LogP contribution in [0.5, 0.6) is 0 Å². The van der Waals surface area contributed by atoms with Crippen molar-refractivity contribution < 1.29 is 4.74 Å². The molecule has 1 aromatic carbocycles. The standard InChI is InChI=1S/C15H21N3O/c1-19-12-11-17-7-4-8-18(10-9-17)15-6-3-2-5-14(15)13-16/h2-3,5-6H,4,7-12H2,1H3. The zero-order valence-electron chi connectivity index (χ0n) is 11.5. The molecular weight excluding hydrogens is 238 g/mol. The molecule has 0 atom stereocenters. The van der Waals surface area contributed by atoms with E-state index in [9.17, 15) is 5.26 Å². The van der Waals surface area contributed by atoms with Gasteiger partial charge in [-0.15, -0.1) is 0 Å². The molecule has 1 heterocycles. The summed E-state index contributed by atoms with van der Waals surface area (Å²) in [6.45, 7) is 5.90. The fourth-order valence-corrected chi connectivity index (χ4v) is 2.50. The first-order valence-corrected chi connectivity index (χ1v) is 6.80. The monoisotopic (exact) mass is 259 g/mol. The third-order valence-electron chi connectivity index (χ3n) is 3.57. The predicted octanol–water partition coefficient (Wildman–Crippen LogP) is 1.72. The van der Waals surface area contributed by atoms with Gasteiger partial charge in [0, 0.05) is 33.3 Å². The maximum absolute atomic E-state index is 9.18. The fourth-order valence-electron chi connectivity index (χ4n) is 2.50. The molecule has 19 heavy (non-hydrogen) atoms. The Morgan fingerprint density at radius 3 is 2.84 bits per heavy atom. The van der Waals surface area contributed by atoms with Crippen LogP contribution in [-0.2, 0) is 4.74 Å². The average molecular weight is 259 g/mol. The largest absolute Gasteiger partial charge is 0.383 e. The molecule has 0 saturated carbocycles. The van der Waals surface area contributed by atoms with Gasteiger partial charge in [0.2, 0.25) is 0 Å². The van der Waals surface area contributed by atoms with Gasteiger partial charge < -0.3 is 9.64 Å². The highest BCUT2D eigenvalue weighted by atomic mass is 16.5. The van der Waals surface area contributed by atoms with Crippen LogP contribution in [0, 0.1) is 11.3 Å². The van der Waals surface area contributed by atoms with E-state index in [1.807, 2.05) is 24.3 Å². The summed E-state index contributed by atoms with van der Waals surface area (Å²) in [5, 5.41) is 9.18. The summed E-state index contributed by atoms with van der Waals surface area (Å²) in [7, 11) is 1.74. The van der Waals surface area contributed by atoms with E-state index in [2.05, 4.69) is 15.9 Å². The number of hydrogen-bond acceptors (Lipinski definition) is 4. The number of para-hydroxylation sites is 1. The third-order valence-corrected chi connectivity index (χ3v) is 3.57. The molecule has 0 aromatic heterocycles. The second-order valence-electron chi connectivity index (χ2n) is 4.80. The van der Waals surface area contributed by atoms with Crippen molar-refractivity contribution in [2.45, 2.75) is 6.42 Å². The second-order valence-corrected chi connectivity index (χ2v) is 4.80. The van der Waals surface area contributed by atoms with Gasteiger partial charge in [-0.1, -0.05) is 12.1 Å². The lowest BCUT2D eigenvalue weighted by Gasteiger charge is -2.24. The summed E-state index contributed by atoms with van der Waals surface area (Å²) in [4.78, 5) is 4.75. The predicted molar refractivity (Wildman–Crippen MR) is 76.3 cm³/mol. The van der Waals surface area contributed by atoms with Gasteiger partial charge in [-0.05, 0) is 25.1 Å². The molecule has 1 fully saturated rings. The Balaban J connectivity index is 2.01. The highest BCUT2D eigenvalue weighted by Gasteiger charge is 2.16. The van der Waals surface area contributed by atoms with Crippen molar-refractivity contribution in [1.29, 1.82) is 5.26 Å². The number of ether oxygens (including phenoxy) is 1. The Morgan fingerprint density at radius 1 is 1.21 bits per heavy atom. The van der Waals surface area contributed by atoms with Crippen LogP contribution < -0.4 is 4.90 Å². The average Bonchev–Trinajstić information content (AvgIpc) is 2.70. The van der Waals surface area contributed by atoms with E-state index < -0.39 is 0 Å². The lowest BCUT2D eigenvalue weighted by atomic mass is 10.1. The first-order valence-electron chi connectivity index (χ1n) is 6.80. The minimum Gasteiger partial charge on any atom is -0.383 e. The fraction of sp³-hybridized carbons (Fsp3) is 0.533. The lowest BCUT2D eigenvalue weighted by molar-refractivity contribution is 0.152. The van der Waals surface area contributed by atoms with E-state index in [0.29, 0.717) is 0 Å². The summed E-state index contributed by atoms with van der Waals surface area (Å²) in [6.07, 6.45) is 1.13. The molecule has 2 rings (SSSR count). The number of hydrogen-bond donors (Lipinski definition) is 0. The number of nitrogens with zero attached hydrogens (tertiary/aromatic N) is 3. The maximum atomic E-state index is 9.18. The number of nitriles is 1. The maximum Gasteiger partial charge on any atom is 0.101 e. The molecule has 0 unspecified atom stereocenters. The van der Waals surface area contributed by atoms with Crippen molar-refractivity contribution >= 4 is 5.69 Å². The van der Waals surface area contributed by atoms with Crippen LogP contribution in [-0.4, -0.2) is 51.3 Å². The quantitative estimate of drug-likeness (QED) is 0.825. The van der Waals surface area contributed by atoms with Gasteiger partial charge >= 0.3 is 0 Å². The minimum absolute atomic E-state index is 0.771. The molecule has 1 aliphatic rings. The summed E-state index contributed by atoms with van der Waals surface area (Å²) in [5.74, 6) is 0. The van der Waals surface area contributed by atoms with Crippen molar-refractivity contribution in [2.24, 2.45) is 0 Å². The molecule has 4 heteroatoms. The third kappa shape index (κ3) is 3.69. The number of benzene rings is 1. The Labute approximate surface area is 115 Å². The second kappa shape index (κ2) is 7.13. The Kier molecular flexibility index (Phi) is 5.20. The summed E-state index contributed by atoms with van der Waals surface area (Å²) in [6, 6.07) is 10.1. The molecular formula is C15H21N3O. The topological polar surface area (TPSA) is 39.5 Å². The zero-order chi connectivity index (χ0) is 13.5. The van der Waals surface area contributed by atoms with Gasteiger partial charge in [0.05, 0.1) is 17.9 Å². The van der Waals surface area contributed by atoms with Crippen LogP contribution in [0.2, 0.25) is 0 Å². The van der Waals surface area contributed by atoms with Gasteiger partial charge in [0.1, 0.15) is 6.07 Å². The first-order chi connectivity index (χ1) is 9.35. The van der Waals surface area contributed by atoms with Crippen molar-refractivity contribution in [3.63, 3.8) is 0 Å². The molecule has 1 aromatic rings. The van der Waals surface area contributed by atoms with Crippen molar-refractivity contribution in [2.75, 3.05) is 51.3 Å². The van der Waals surface area contributed by atoms with Gasteiger partial charge in [-0.3, -0.25) is 4.90 Å². The van der Waals surface area contributed by atoms with Crippen molar-refractivity contribution in [1.82, 2.24) is 4.90 Å². The highest BCUT2D eigenvalue weighted by Crippen LogP contribution is 2.20. The Bertz CT molecular complexity index is 441. The molecule has 0 amide bonds. The molecule has 102 valence electrons. The summed E-state index contributed by atoms with van der Waals surface area (Å²) < 4.78 is 5.14.